The molecule has 1 saturated carbocycles. The second kappa shape index (κ2) is 1.61. The van der Waals surface area contributed by atoms with E-state index in [0.29, 0.717) is 6.61 Å². The number of carboxylic acids is 1. The third kappa shape index (κ3) is 0.601. The van der Waals surface area contributed by atoms with Crippen molar-refractivity contribution in [3.8, 4) is 0 Å². The van der Waals surface area contributed by atoms with E-state index in [1.165, 1.54) is 0 Å². The fraction of sp³-hybridized carbons (Fsp3) is 0.875. The van der Waals surface area contributed by atoms with Gasteiger partial charge in [0, 0.05) is 5.92 Å². The molecule has 2 aliphatic rings. The highest BCUT2D eigenvalue weighted by Crippen LogP contribution is 2.65. The predicted molar refractivity (Wildman–Crippen MR) is 38.2 cm³/mol. The van der Waals surface area contributed by atoms with Crippen LogP contribution in [0.3, 0.4) is 0 Å². The molecule has 0 aromatic carbocycles. The molecule has 1 aliphatic heterocycles. The van der Waals surface area contributed by atoms with E-state index in [0.717, 1.165) is 6.42 Å². The first kappa shape index (κ1) is 7.10. The summed E-state index contributed by atoms with van der Waals surface area (Å²) in [6, 6.07) is 0. The Balaban J connectivity index is 2.35. The van der Waals surface area contributed by atoms with Gasteiger partial charge in [-0.25, -0.2) is 0 Å². The molecule has 0 spiro atoms. The lowest BCUT2D eigenvalue weighted by Gasteiger charge is -2.26. The number of carboxylic acid groups (broad SMARTS) is 1. The third-order valence-electron chi connectivity index (χ3n) is 3.21. The van der Waals surface area contributed by atoms with Gasteiger partial charge in [-0.2, -0.15) is 0 Å². The molecule has 1 aliphatic carbocycles. The van der Waals surface area contributed by atoms with Crippen molar-refractivity contribution in [3.05, 3.63) is 0 Å². The largest absolute Gasteiger partial charge is 0.481 e. The first-order valence-electron chi connectivity index (χ1n) is 3.88. The monoisotopic (exact) mass is 156 g/mol. The first-order valence-corrected chi connectivity index (χ1v) is 3.88. The molecule has 1 heterocycles. The molecule has 1 N–H and O–H groups in total. The quantitative estimate of drug-likeness (QED) is 0.613. The lowest BCUT2D eigenvalue weighted by molar-refractivity contribution is -0.151. The minimum atomic E-state index is -0.690. The minimum Gasteiger partial charge on any atom is -0.481 e. The molecule has 2 fully saturated rings. The Morgan fingerprint density at radius 1 is 1.64 bits per heavy atom. The van der Waals surface area contributed by atoms with E-state index < -0.39 is 17.0 Å². The fourth-order valence-electron chi connectivity index (χ4n) is 2.23. The maximum Gasteiger partial charge on any atom is 0.312 e. The zero-order valence-corrected chi connectivity index (χ0v) is 6.76. The normalized spacial score (nSPS) is 45.1. The van der Waals surface area contributed by atoms with Crippen molar-refractivity contribution in [1.29, 1.82) is 0 Å². The SMILES string of the molecule is CC1(C)OC[C@H]2C[C@]21C(=O)O. The number of rotatable bonds is 1. The Bertz CT molecular complexity index is 221. The van der Waals surface area contributed by atoms with Crippen LogP contribution in [-0.2, 0) is 9.53 Å². The van der Waals surface area contributed by atoms with Crippen molar-refractivity contribution in [1.82, 2.24) is 0 Å². The molecule has 3 heteroatoms. The lowest BCUT2D eigenvalue weighted by atomic mass is 9.87. The summed E-state index contributed by atoms with van der Waals surface area (Å²) in [6.45, 7) is 4.36. The van der Waals surface area contributed by atoms with Crippen molar-refractivity contribution in [2.24, 2.45) is 11.3 Å². The maximum absolute atomic E-state index is 10.9. The molecule has 0 aromatic rings. The van der Waals surface area contributed by atoms with Gasteiger partial charge in [0.15, 0.2) is 0 Å². The number of hydrogen-bond donors (Lipinski definition) is 1. The van der Waals surface area contributed by atoms with Gasteiger partial charge in [-0.05, 0) is 20.3 Å². The standard InChI is InChI=1S/C8H12O3/c1-7(2)8(6(9)10)3-5(8)4-11-7/h5H,3-4H2,1-2H3,(H,9,10)/t5-,8-/m1/s1. The van der Waals surface area contributed by atoms with E-state index in [1.807, 2.05) is 13.8 Å². The molecule has 0 radical (unpaired) electrons. The van der Waals surface area contributed by atoms with E-state index in [2.05, 4.69) is 0 Å². The Morgan fingerprint density at radius 2 is 2.27 bits per heavy atom. The summed E-state index contributed by atoms with van der Waals surface area (Å²) < 4.78 is 5.39. The van der Waals surface area contributed by atoms with Crippen LogP contribution in [0.2, 0.25) is 0 Å². The molecular formula is C8H12O3. The van der Waals surface area contributed by atoms with Gasteiger partial charge < -0.3 is 9.84 Å². The van der Waals surface area contributed by atoms with Crippen molar-refractivity contribution < 1.29 is 14.6 Å². The lowest BCUT2D eigenvalue weighted by Crippen LogP contribution is -2.38. The summed E-state index contributed by atoms with van der Waals surface area (Å²) in [7, 11) is 0. The summed E-state index contributed by atoms with van der Waals surface area (Å²) in [6.07, 6.45) is 0.801. The summed E-state index contributed by atoms with van der Waals surface area (Å²) in [5.41, 5.74) is -1.00. The van der Waals surface area contributed by atoms with Gasteiger partial charge in [0.1, 0.15) is 5.41 Å². The molecule has 62 valence electrons. The number of fused-ring (bicyclic) bond motifs is 1. The summed E-state index contributed by atoms with van der Waals surface area (Å²) in [4.78, 5) is 10.9. The molecule has 2 atom stereocenters. The van der Waals surface area contributed by atoms with Crippen LogP contribution < -0.4 is 0 Å². The molecule has 11 heavy (non-hydrogen) atoms. The zero-order chi connectivity index (χ0) is 8.28. The van der Waals surface area contributed by atoms with Crippen molar-refractivity contribution in [2.45, 2.75) is 25.9 Å². The fourth-order valence-corrected chi connectivity index (χ4v) is 2.23. The Hall–Kier alpha value is -0.570. The van der Waals surface area contributed by atoms with E-state index in [-0.39, 0.29) is 5.92 Å². The highest BCUT2D eigenvalue weighted by molar-refractivity contribution is 5.81. The van der Waals surface area contributed by atoms with Gasteiger partial charge in [0.25, 0.3) is 0 Å². The van der Waals surface area contributed by atoms with Gasteiger partial charge in [0.05, 0.1) is 12.2 Å². The van der Waals surface area contributed by atoms with Crippen molar-refractivity contribution >= 4 is 5.97 Å². The molecule has 0 aromatic heterocycles. The van der Waals surface area contributed by atoms with E-state index in [4.69, 9.17) is 9.84 Å². The molecule has 0 amide bonds. The van der Waals surface area contributed by atoms with Crippen LogP contribution in [0.25, 0.3) is 0 Å². The molecule has 1 saturated heterocycles. The smallest absolute Gasteiger partial charge is 0.312 e. The summed E-state index contributed by atoms with van der Waals surface area (Å²) in [5.74, 6) is -0.417. The van der Waals surface area contributed by atoms with E-state index in [9.17, 15) is 4.79 Å². The van der Waals surface area contributed by atoms with E-state index >= 15 is 0 Å². The third-order valence-corrected chi connectivity index (χ3v) is 3.21. The van der Waals surface area contributed by atoms with E-state index in [1.54, 1.807) is 0 Å². The molecule has 2 rings (SSSR count). The highest BCUT2D eigenvalue weighted by atomic mass is 16.5. The van der Waals surface area contributed by atoms with Crippen molar-refractivity contribution in [3.63, 3.8) is 0 Å². The van der Waals surface area contributed by atoms with Crippen LogP contribution in [0, 0.1) is 11.3 Å². The Labute approximate surface area is 65.4 Å². The average Bonchev–Trinajstić information content (AvgIpc) is 2.53. The Kier molecular flexibility index (Phi) is 1.04. The van der Waals surface area contributed by atoms with Gasteiger partial charge in [-0.3, -0.25) is 4.79 Å². The van der Waals surface area contributed by atoms with Crippen molar-refractivity contribution in [2.75, 3.05) is 6.61 Å². The van der Waals surface area contributed by atoms with Gasteiger partial charge in [-0.1, -0.05) is 0 Å². The number of carbonyl (C=O) groups is 1. The first-order chi connectivity index (χ1) is 5.01. The topological polar surface area (TPSA) is 46.5 Å². The molecule has 0 bridgehead atoms. The summed E-state index contributed by atoms with van der Waals surface area (Å²) in [5, 5.41) is 8.97. The van der Waals surface area contributed by atoms with Crippen LogP contribution in [0.15, 0.2) is 0 Å². The van der Waals surface area contributed by atoms with Gasteiger partial charge in [-0.15, -0.1) is 0 Å². The Morgan fingerprint density at radius 3 is 2.45 bits per heavy atom. The van der Waals surface area contributed by atoms with Crippen LogP contribution in [0.5, 0.6) is 0 Å². The van der Waals surface area contributed by atoms with Gasteiger partial charge >= 0.3 is 5.97 Å². The second-order valence-electron chi connectivity index (χ2n) is 4.00. The van der Waals surface area contributed by atoms with Gasteiger partial charge in [0.2, 0.25) is 0 Å². The minimum absolute atomic E-state index is 0.273. The number of hydrogen-bond acceptors (Lipinski definition) is 2. The second-order valence-corrected chi connectivity index (χ2v) is 4.00. The molecular weight excluding hydrogens is 144 g/mol. The molecule has 3 nitrogen and oxygen atoms in total. The van der Waals surface area contributed by atoms with Crippen LogP contribution >= 0.6 is 0 Å². The number of ether oxygens (including phenoxy) is 1. The number of aliphatic carboxylic acids is 1. The van der Waals surface area contributed by atoms with Crippen LogP contribution in [-0.4, -0.2) is 23.3 Å². The molecule has 0 unspecified atom stereocenters. The van der Waals surface area contributed by atoms with Crippen LogP contribution in [0.1, 0.15) is 20.3 Å². The summed E-state index contributed by atoms with van der Waals surface area (Å²) >= 11 is 0. The maximum atomic E-state index is 10.9. The highest BCUT2D eigenvalue weighted by Gasteiger charge is 2.73. The predicted octanol–water partition coefficient (Wildman–Crippen LogP) is 0.886. The van der Waals surface area contributed by atoms with Crippen LogP contribution in [0.4, 0.5) is 0 Å². The zero-order valence-electron chi connectivity index (χ0n) is 6.76. The average molecular weight is 156 g/mol.